The van der Waals surface area contributed by atoms with E-state index in [0.717, 1.165) is 11.4 Å². The molecular weight excluding hydrogens is 332 g/mol. The van der Waals surface area contributed by atoms with Crippen LogP contribution in [0.1, 0.15) is 12.1 Å². The lowest BCUT2D eigenvalue weighted by Crippen LogP contribution is -2.44. The summed E-state index contributed by atoms with van der Waals surface area (Å²) in [6.07, 6.45) is 2.39. The summed E-state index contributed by atoms with van der Waals surface area (Å²) in [5.41, 5.74) is 2.36. The Morgan fingerprint density at radius 1 is 1.35 bits per heavy atom. The van der Waals surface area contributed by atoms with Gasteiger partial charge in [0.25, 0.3) is 0 Å². The highest BCUT2D eigenvalue weighted by molar-refractivity contribution is 5.91. The summed E-state index contributed by atoms with van der Waals surface area (Å²) in [6, 6.07) is 10.9. The smallest absolute Gasteiger partial charge is 0.322 e. The minimum absolute atomic E-state index is 0.0206. The third-order valence-electron chi connectivity index (χ3n) is 4.71. The molecule has 0 aliphatic carbocycles. The first-order valence-electron chi connectivity index (χ1n) is 8.60. The molecule has 0 saturated heterocycles. The molecule has 26 heavy (non-hydrogen) atoms. The average molecular weight is 356 g/mol. The van der Waals surface area contributed by atoms with Crippen molar-refractivity contribution in [1.82, 2.24) is 9.88 Å². The van der Waals surface area contributed by atoms with Crippen LogP contribution < -0.4 is 15.0 Å². The normalized spacial score (nSPS) is 17.1. The highest BCUT2D eigenvalue weighted by Gasteiger charge is 2.26. The Morgan fingerprint density at radius 3 is 2.92 bits per heavy atom. The van der Waals surface area contributed by atoms with Gasteiger partial charge in [-0.2, -0.15) is 0 Å². The topological polar surface area (TPSA) is 77.9 Å². The number of carbonyl (C=O) groups excluding carboxylic acids is 1. The number of hydrogen-bond acceptors (Lipinski definition) is 5. The molecule has 1 aromatic carbocycles. The Bertz CT molecular complexity index is 768. The van der Waals surface area contributed by atoms with Crippen molar-refractivity contribution in [2.45, 2.75) is 19.0 Å². The zero-order valence-corrected chi connectivity index (χ0v) is 15.1. The number of urea groups is 1. The number of ether oxygens (including phenoxy) is 1. The summed E-state index contributed by atoms with van der Waals surface area (Å²) in [7, 11) is 3.52. The van der Waals surface area contributed by atoms with E-state index in [1.165, 1.54) is 0 Å². The summed E-state index contributed by atoms with van der Waals surface area (Å²) >= 11 is 0. The van der Waals surface area contributed by atoms with Gasteiger partial charge in [0.2, 0.25) is 0 Å². The van der Waals surface area contributed by atoms with Gasteiger partial charge < -0.3 is 25.0 Å². The third kappa shape index (κ3) is 3.72. The quantitative estimate of drug-likeness (QED) is 0.883. The number of aliphatic hydroxyl groups is 1. The Balaban J connectivity index is 1.84. The van der Waals surface area contributed by atoms with Crippen LogP contribution in [0.25, 0.3) is 0 Å². The van der Waals surface area contributed by atoms with Crippen LogP contribution in [0.15, 0.2) is 42.6 Å². The van der Waals surface area contributed by atoms with Crippen molar-refractivity contribution in [3.8, 4) is 5.75 Å². The van der Waals surface area contributed by atoms with Crippen LogP contribution >= 0.6 is 0 Å². The van der Waals surface area contributed by atoms with Gasteiger partial charge in [-0.15, -0.1) is 0 Å². The number of methoxy groups -OCH3 is 1. The molecule has 1 atom stereocenters. The van der Waals surface area contributed by atoms with Gasteiger partial charge >= 0.3 is 6.03 Å². The molecule has 0 unspecified atom stereocenters. The van der Waals surface area contributed by atoms with E-state index in [9.17, 15) is 9.90 Å². The monoisotopic (exact) mass is 356 g/mol. The Kier molecular flexibility index (Phi) is 5.58. The van der Waals surface area contributed by atoms with E-state index in [2.05, 4.69) is 10.3 Å². The molecule has 7 heteroatoms. The second kappa shape index (κ2) is 8.05. The standard InChI is InChI=1S/C19H24N4O3/c1-22-14(13-24)9-11-23(12-16-17(22)7-5-10-20-16)19(25)21-15-6-3-4-8-18(15)26-2/h3-8,10,14,24H,9,11-13H2,1-2H3,(H,21,25)/t14-/m0/s1. The summed E-state index contributed by atoms with van der Waals surface area (Å²) < 4.78 is 5.30. The van der Waals surface area contributed by atoms with Crippen LogP contribution in [0.2, 0.25) is 0 Å². The number of nitrogens with zero attached hydrogens (tertiary/aromatic N) is 3. The summed E-state index contributed by atoms with van der Waals surface area (Å²) in [4.78, 5) is 21.0. The fraction of sp³-hybridized carbons (Fsp3) is 0.368. The van der Waals surface area contributed by atoms with Crippen molar-refractivity contribution in [3.05, 3.63) is 48.3 Å². The number of rotatable bonds is 3. The van der Waals surface area contributed by atoms with Crippen molar-refractivity contribution >= 4 is 17.4 Å². The molecule has 7 nitrogen and oxygen atoms in total. The van der Waals surface area contributed by atoms with Crippen molar-refractivity contribution in [2.75, 3.05) is 37.5 Å². The molecule has 0 radical (unpaired) electrons. The lowest BCUT2D eigenvalue weighted by Gasteiger charge is -2.35. The number of amides is 2. The molecule has 2 amide bonds. The number of carbonyl (C=O) groups is 1. The number of benzene rings is 1. The zero-order valence-electron chi connectivity index (χ0n) is 15.1. The van der Waals surface area contributed by atoms with Gasteiger partial charge in [0, 0.05) is 19.8 Å². The number of aliphatic hydroxyl groups excluding tert-OH is 1. The van der Waals surface area contributed by atoms with Gasteiger partial charge in [0.05, 0.1) is 43.4 Å². The van der Waals surface area contributed by atoms with Crippen LogP contribution in [0.5, 0.6) is 5.75 Å². The number of likely N-dealkylation sites (N-methyl/N-ethyl adjacent to an activating group) is 1. The average Bonchev–Trinajstić information content (AvgIpc) is 2.66. The molecule has 1 aliphatic rings. The number of para-hydroxylation sites is 2. The molecule has 0 bridgehead atoms. The van der Waals surface area contributed by atoms with E-state index in [1.807, 2.05) is 36.2 Å². The first kappa shape index (κ1) is 18.0. The first-order valence-corrected chi connectivity index (χ1v) is 8.60. The molecule has 0 spiro atoms. The Morgan fingerprint density at radius 2 is 2.15 bits per heavy atom. The number of aromatic nitrogens is 1. The number of nitrogens with one attached hydrogen (secondary N) is 1. The third-order valence-corrected chi connectivity index (χ3v) is 4.71. The van der Waals surface area contributed by atoms with Gasteiger partial charge in [-0.3, -0.25) is 4.98 Å². The van der Waals surface area contributed by atoms with E-state index in [4.69, 9.17) is 4.74 Å². The number of anilines is 2. The number of pyridine rings is 1. The maximum atomic E-state index is 12.8. The lowest BCUT2D eigenvalue weighted by atomic mass is 10.1. The maximum Gasteiger partial charge on any atom is 0.322 e. The van der Waals surface area contributed by atoms with Crippen molar-refractivity contribution in [1.29, 1.82) is 0 Å². The van der Waals surface area contributed by atoms with Crippen molar-refractivity contribution < 1.29 is 14.6 Å². The van der Waals surface area contributed by atoms with E-state index < -0.39 is 0 Å². The molecule has 3 rings (SSSR count). The Hall–Kier alpha value is -2.80. The fourth-order valence-electron chi connectivity index (χ4n) is 3.16. The van der Waals surface area contributed by atoms with E-state index in [0.29, 0.717) is 30.9 Å². The van der Waals surface area contributed by atoms with Gasteiger partial charge in [0.1, 0.15) is 5.75 Å². The molecule has 0 fully saturated rings. The molecule has 0 saturated carbocycles. The van der Waals surface area contributed by atoms with Gasteiger partial charge in [-0.05, 0) is 30.7 Å². The molecule has 138 valence electrons. The van der Waals surface area contributed by atoms with E-state index in [-0.39, 0.29) is 18.7 Å². The second-order valence-electron chi connectivity index (χ2n) is 6.26. The second-order valence-corrected chi connectivity index (χ2v) is 6.26. The van der Waals surface area contributed by atoms with Crippen LogP contribution in [0, 0.1) is 0 Å². The summed E-state index contributed by atoms with van der Waals surface area (Å²) in [5, 5.41) is 12.6. The maximum absolute atomic E-state index is 12.8. The van der Waals surface area contributed by atoms with Crippen LogP contribution in [0.3, 0.4) is 0 Å². The molecule has 2 aromatic rings. The predicted octanol–water partition coefficient (Wildman–Crippen LogP) is 2.33. The van der Waals surface area contributed by atoms with E-state index >= 15 is 0 Å². The van der Waals surface area contributed by atoms with Gasteiger partial charge in [-0.25, -0.2) is 4.79 Å². The SMILES string of the molecule is COc1ccccc1NC(=O)N1CC[C@@H](CO)N(C)c2cccnc2C1. The van der Waals surface area contributed by atoms with Crippen LogP contribution in [-0.4, -0.2) is 54.4 Å². The van der Waals surface area contributed by atoms with Gasteiger partial charge in [0.15, 0.2) is 0 Å². The molecule has 1 aromatic heterocycles. The minimum atomic E-state index is -0.215. The molecule has 1 aliphatic heterocycles. The van der Waals surface area contributed by atoms with Crippen molar-refractivity contribution in [2.24, 2.45) is 0 Å². The lowest BCUT2D eigenvalue weighted by molar-refractivity contribution is 0.195. The van der Waals surface area contributed by atoms with Gasteiger partial charge in [-0.1, -0.05) is 12.1 Å². The highest BCUT2D eigenvalue weighted by Crippen LogP contribution is 2.27. The Labute approximate surface area is 153 Å². The number of fused-ring (bicyclic) bond motifs is 1. The summed E-state index contributed by atoms with van der Waals surface area (Å²) in [6.45, 7) is 0.943. The minimum Gasteiger partial charge on any atom is -0.495 e. The summed E-state index contributed by atoms with van der Waals surface area (Å²) in [5.74, 6) is 0.611. The zero-order chi connectivity index (χ0) is 18.5. The molecule has 2 heterocycles. The largest absolute Gasteiger partial charge is 0.495 e. The first-order chi connectivity index (χ1) is 12.6. The van der Waals surface area contributed by atoms with Crippen molar-refractivity contribution in [3.63, 3.8) is 0 Å². The van der Waals surface area contributed by atoms with Crippen LogP contribution in [0.4, 0.5) is 16.2 Å². The van der Waals surface area contributed by atoms with Crippen LogP contribution in [-0.2, 0) is 6.54 Å². The van der Waals surface area contributed by atoms with E-state index in [1.54, 1.807) is 30.3 Å². The number of hydrogen-bond donors (Lipinski definition) is 2. The fourth-order valence-corrected chi connectivity index (χ4v) is 3.16. The molecular formula is C19H24N4O3. The predicted molar refractivity (Wildman–Crippen MR) is 101 cm³/mol. The molecule has 2 N–H and O–H groups in total. The highest BCUT2D eigenvalue weighted by atomic mass is 16.5.